The molecule has 3 aromatic rings. The third kappa shape index (κ3) is 3.88. The summed E-state index contributed by atoms with van der Waals surface area (Å²) in [7, 11) is 0. The number of benzene rings is 2. The van der Waals surface area contributed by atoms with E-state index in [1.165, 1.54) is 12.1 Å². The molecule has 7 heteroatoms. The van der Waals surface area contributed by atoms with Crippen molar-refractivity contribution in [3.05, 3.63) is 64.0 Å². The molecule has 0 aliphatic carbocycles. The molecule has 0 aliphatic heterocycles. The Balaban J connectivity index is 1.75. The third-order valence-corrected chi connectivity index (χ3v) is 4.04. The van der Waals surface area contributed by atoms with Gasteiger partial charge in [-0.2, -0.15) is 0 Å². The van der Waals surface area contributed by atoms with Gasteiger partial charge in [0.15, 0.2) is 6.10 Å². The maximum atomic E-state index is 12.2. The lowest BCUT2D eigenvalue weighted by Crippen LogP contribution is -2.10. The monoisotopic (exact) mass is 402 g/mol. The number of phenolic OH excluding ortho intramolecular Hbond substituents is 1. The van der Waals surface area contributed by atoms with Crippen molar-refractivity contribution < 1.29 is 19.1 Å². The summed E-state index contributed by atoms with van der Waals surface area (Å²) in [5.74, 6) is -0.311. The van der Waals surface area contributed by atoms with Crippen molar-refractivity contribution >= 4 is 21.9 Å². The Kier molecular flexibility index (Phi) is 4.85. The SMILES string of the molecule is Cc1ccc(-c2nnc([C@H](C)OC(=O)c3cc(Br)ccc3O)o2)cc1. The van der Waals surface area contributed by atoms with Gasteiger partial charge in [-0.05, 0) is 44.2 Å². The molecule has 0 aliphatic rings. The lowest BCUT2D eigenvalue weighted by atomic mass is 10.1. The quantitative estimate of drug-likeness (QED) is 0.649. The first-order chi connectivity index (χ1) is 11.9. The Hall–Kier alpha value is -2.67. The Morgan fingerprint density at radius 1 is 1.20 bits per heavy atom. The van der Waals surface area contributed by atoms with Crippen LogP contribution in [0, 0.1) is 6.92 Å². The molecule has 128 valence electrons. The van der Waals surface area contributed by atoms with Gasteiger partial charge in [0.05, 0.1) is 0 Å². The first kappa shape index (κ1) is 17.2. The lowest BCUT2D eigenvalue weighted by Gasteiger charge is -2.10. The topological polar surface area (TPSA) is 85.5 Å². The van der Waals surface area contributed by atoms with E-state index in [1.807, 2.05) is 31.2 Å². The minimum atomic E-state index is -0.752. The Morgan fingerprint density at radius 2 is 1.92 bits per heavy atom. The molecular formula is C18H15BrN2O4. The number of esters is 1. The molecule has 25 heavy (non-hydrogen) atoms. The second-order valence-corrected chi connectivity index (χ2v) is 6.44. The van der Waals surface area contributed by atoms with Crippen molar-refractivity contribution in [1.82, 2.24) is 10.2 Å². The molecule has 0 fully saturated rings. The molecule has 1 atom stereocenters. The van der Waals surface area contributed by atoms with Crippen LogP contribution in [-0.4, -0.2) is 21.3 Å². The smallest absolute Gasteiger partial charge is 0.342 e. The van der Waals surface area contributed by atoms with Crippen LogP contribution in [0.1, 0.15) is 34.8 Å². The minimum Gasteiger partial charge on any atom is -0.507 e. The highest BCUT2D eigenvalue weighted by Gasteiger charge is 2.21. The summed E-state index contributed by atoms with van der Waals surface area (Å²) in [4.78, 5) is 12.2. The number of carbonyl (C=O) groups excluding carboxylic acids is 1. The number of aromatic hydroxyl groups is 1. The second-order valence-electron chi connectivity index (χ2n) is 5.52. The van der Waals surface area contributed by atoms with E-state index in [0.29, 0.717) is 10.4 Å². The fraction of sp³-hybridized carbons (Fsp3) is 0.167. The van der Waals surface area contributed by atoms with Gasteiger partial charge in [0.2, 0.25) is 5.89 Å². The molecule has 0 unspecified atom stereocenters. The molecule has 1 N–H and O–H groups in total. The van der Waals surface area contributed by atoms with Gasteiger partial charge in [-0.15, -0.1) is 10.2 Å². The average molecular weight is 403 g/mol. The molecular weight excluding hydrogens is 388 g/mol. The van der Waals surface area contributed by atoms with E-state index in [2.05, 4.69) is 26.1 Å². The van der Waals surface area contributed by atoms with Crippen LogP contribution in [0.5, 0.6) is 5.75 Å². The molecule has 0 spiro atoms. The number of nitrogens with zero attached hydrogens (tertiary/aromatic N) is 2. The van der Waals surface area contributed by atoms with Crippen molar-refractivity contribution in [3.8, 4) is 17.2 Å². The van der Waals surface area contributed by atoms with Crippen molar-refractivity contribution in [3.63, 3.8) is 0 Å². The molecule has 3 rings (SSSR count). The number of hydrogen-bond donors (Lipinski definition) is 1. The minimum absolute atomic E-state index is 0.0551. The zero-order chi connectivity index (χ0) is 18.0. The third-order valence-electron chi connectivity index (χ3n) is 3.55. The normalized spacial score (nSPS) is 12.0. The maximum absolute atomic E-state index is 12.2. The highest BCUT2D eigenvalue weighted by atomic mass is 79.9. The predicted molar refractivity (Wildman–Crippen MR) is 94.1 cm³/mol. The number of phenols is 1. The Morgan fingerprint density at radius 3 is 2.64 bits per heavy atom. The first-order valence-electron chi connectivity index (χ1n) is 7.54. The maximum Gasteiger partial charge on any atom is 0.342 e. The summed E-state index contributed by atoms with van der Waals surface area (Å²) in [6.45, 7) is 3.61. The molecule has 0 saturated heterocycles. The van der Waals surface area contributed by atoms with Gasteiger partial charge in [-0.25, -0.2) is 4.79 Å². The van der Waals surface area contributed by atoms with E-state index < -0.39 is 12.1 Å². The molecule has 0 radical (unpaired) electrons. The van der Waals surface area contributed by atoms with Gasteiger partial charge in [0, 0.05) is 10.0 Å². The van der Waals surface area contributed by atoms with Crippen LogP contribution in [-0.2, 0) is 4.74 Å². The first-order valence-corrected chi connectivity index (χ1v) is 8.33. The zero-order valence-electron chi connectivity index (χ0n) is 13.6. The van der Waals surface area contributed by atoms with E-state index in [-0.39, 0.29) is 17.2 Å². The highest BCUT2D eigenvalue weighted by molar-refractivity contribution is 9.10. The van der Waals surface area contributed by atoms with Crippen LogP contribution in [0.3, 0.4) is 0 Å². The fourth-order valence-electron chi connectivity index (χ4n) is 2.16. The number of hydrogen-bond acceptors (Lipinski definition) is 6. The van der Waals surface area contributed by atoms with E-state index in [4.69, 9.17) is 9.15 Å². The second kappa shape index (κ2) is 7.06. The van der Waals surface area contributed by atoms with Gasteiger partial charge >= 0.3 is 5.97 Å². The van der Waals surface area contributed by atoms with Crippen LogP contribution >= 0.6 is 15.9 Å². The number of rotatable bonds is 4. The van der Waals surface area contributed by atoms with Crippen LogP contribution in [0.4, 0.5) is 0 Å². The largest absolute Gasteiger partial charge is 0.507 e. The summed E-state index contributed by atoms with van der Waals surface area (Å²) in [5.41, 5.74) is 1.96. The van der Waals surface area contributed by atoms with E-state index in [9.17, 15) is 9.90 Å². The van der Waals surface area contributed by atoms with E-state index >= 15 is 0 Å². The fourth-order valence-corrected chi connectivity index (χ4v) is 2.52. The van der Waals surface area contributed by atoms with Gasteiger partial charge in [-0.3, -0.25) is 0 Å². The molecule has 1 aromatic heterocycles. The summed E-state index contributed by atoms with van der Waals surface area (Å²) >= 11 is 3.25. The number of aromatic nitrogens is 2. The standard InChI is InChI=1S/C18H15BrN2O4/c1-10-3-5-12(6-4-10)17-21-20-16(25-17)11(2)24-18(23)14-9-13(19)7-8-15(14)22/h3-9,11,22H,1-2H3/t11-/m0/s1. The van der Waals surface area contributed by atoms with Crippen molar-refractivity contribution in [2.75, 3.05) is 0 Å². The van der Waals surface area contributed by atoms with Gasteiger partial charge in [0.25, 0.3) is 5.89 Å². The number of halogens is 1. The Bertz CT molecular complexity index is 906. The number of ether oxygens (including phenoxy) is 1. The molecule has 2 aromatic carbocycles. The average Bonchev–Trinajstić information content (AvgIpc) is 3.07. The number of carbonyl (C=O) groups is 1. The highest BCUT2D eigenvalue weighted by Crippen LogP contribution is 2.26. The lowest BCUT2D eigenvalue weighted by molar-refractivity contribution is 0.0276. The van der Waals surface area contributed by atoms with E-state index in [1.54, 1.807) is 13.0 Å². The van der Waals surface area contributed by atoms with Crippen molar-refractivity contribution in [2.45, 2.75) is 20.0 Å². The number of aryl methyl sites for hydroxylation is 1. The van der Waals surface area contributed by atoms with Crippen molar-refractivity contribution in [2.24, 2.45) is 0 Å². The van der Waals surface area contributed by atoms with Gasteiger partial charge in [0.1, 0.15) is 11.3 Å². The molecule has 0 bridgehead atoms. The van der Waals surface area contributed by atoms with Crippen molar-refractivity contribution in [1.29, 1.82) is 0 Å². The molecule has 1 heterocycles. The molecule has 0 amide bonds. The summed E-state index contributed by atoms with van der Waals surface area (Å²) in [6.07, 6.45) is -0.752. The summed E-state index contributed by atoms with van der Waals surface area (Å²) < 4.78 is 11.6. The summed E-state index contributed by atoms with van der Waals surface area (Å²) in [6, 6.07) is 12.2. The van der Waals surface area contributed by atoms with E-state index in [0.717, 1.165) is 11.1 Å². The van der Waals surface area contributed by atoms with Crippen LogP contribution < -0.4 is 0 Å². The van der Waals surface area contributed by atoms with Gasteiger partial charge < -0.3 is 14.3 Å². The van der Waals surface area contributed by atoms with Gasteiger partial charge in [-0.1, -0.05) is 33.6 Å². The summed E-state index contributed by atoms with van der Waals surface area (Å²) in [5, 5.41) is 17.7. The zero-order valence-corrected chi connectivity index (χ0v) is 15.1. The van der Waals surface area contributed by atoms with Crippen LogP contribution in [0.25, 0.3) is 11.5 Å². The molecule has 6 nitrogen and oxygen atoms in total. The molecule has 0 saturated carbocycles. The predicted octanol–water partition coefficient (Wildman–Crippen LogP) is 4.43. The van der Waals surface area contributed by atoms with Crippen LogP contribution in [0.15, 0.2) is 51.4 Å². The Labute approximate surface area is 152 Å². The van der Waals surface area contributed by atoms with Crippen LogP contribution in [0.2, 0.25) is 0 Å².